The van der Waals surface area contributed by atoms with Gasteiger partial charge in [-0.25, -0.2) is 0 Å². The highest BCUT2D eigenvalue weighted by Crippen LogP contribution is 2.39. The van der Waals surface area contributed by atoms with Crippen molar-refractivity contribution in [1.82, 2.24) is 0 Å². The molecule has 29 heavy (non-hydrogen) atoms. The Kier molecular flexibility index (Phi) is 13.7. The van der Waals surface area contributed by atoms with E-state index >= 15 is 0 Å². The molecule has 1 aliphatic rings. The summed E-state index contributed by atoms with van der Waals surface area (Å²) in [6, 6.07) is 2.37. The number of allylic oxidation sites excluding steroid dienone is 3. The van der Waals surface area contributed by atoms with Crippen molar-refractivity contribution in [2.24, 2.45) is 5.92 Å². The summed E-state index contributed by atoms with van der Waals surface area (Å²) in [6.45, 7) is 23.1. The van der Waals surface area contributed by atoms with Crippen molar-refractivity contribution in [3.63, 3.8) is 0 Å². The largest absolute Gasteiger partial charge is 0.507 e. The second kappa shape index (κ2) is 14.5. The number of phenolic OH excluding ortho intramolecular Hbond substituents is 1. The van der Waals surface area contributed by atoms with Crippen LogP contribution in [0, 0.1) is 12.8 Å². The predicted octanol–water partition coefficient (Wildman–Crippen LogP) is 8.89. The Labute approximate surface area is 182 Å². The monoisotopic (exact) mass is 400 g/mol. The molecule has 1 aromatic rings. The molecule has 1 nitrogen and oxygen atoms in total. The zero-order chi connectivity index (χ0) is 22.6. The molecule has 1 atom stereocenters. The second-order valence-electron chi connectivity index (χ2n) is 8.13. The molecule has 0 aliphatic heterocycles. The average Bonchev–Trinajstić information content (AvgIpc) is 3.17. The zero-order valence-electron chi connectivity index (χ0n) is 21.0. The van der Waals surface area contributed by atoms with Crippen LogP contribution in [0.2, 0.25) is 0 Å². The molecule has 0 aromatic heterocycles. The van der Waals surface area contributed by atoms with Crippen LogP contribution in [0.5, 0.6) is 5.75 Å². The van der Waals surface area contributed by atoms with Crippen molar-refractivity contribution in [3.8, 4) is 5.75 Å². The molecule has 166 valence electrons. The first kappa shape index (κ1) is 27.5. The van der Waals surface area contributed by atoms with Gasteiger partial charge in [-0.15, -0.1) is 0 Å². The Morgan fingerprint density at radius 2 is 1.72 bits per heavy atom. The minimum absolute atomic E-state index is 0.558. The van der Waals surface area contributed by atoms with Gasteiger partial charge in [-0.2, -0.15) is 0 Å². The number of aryl methyl sites for hydroxylation is 1. The van der Waals surface area contributed by atoms with Crippen LogP contribution in [0.15, 0.2) is 29.4 Å². The Balaban J connectivity index is 0.00000184. The number of benzene rings is 1. The lowest BCUT2D eigenvalue weighted by molar-refractivity contribution is 0.464. The van der Waals surface area contributed by atoms with Crippen molar-refractivity contribution in [1.29, 1.82) is 0 Å². The van der Waals surface area contributed by atoms with Crippen LogP contribution in [0.4, 0.5) is 0 Å². The number of unbranched alkanes of at least 4 members (excludes halogenated alkanes) is 2. The Bertz CT molecular complexity index is 663. The highest BCUT2D eigenvalue weighted by Gasteiger charge is 2.23. The molecule has 0 saturated heterocycles. The predicted molar refractivity (Wildman–Crippen MR) is 132 cm³/mol. The summed E-state index contributed by atoms with van der Waals surface area (Å²) in [5.41, 5.74) is 9.29. The lowest BCUT2D eigenvalue weighted by atomic mass is 9.94. The van der Waals surface area contributed by atoms with Crippen molar-refractivity contribution in [2.45, 2.75) is 114 Å². The Morgan fingerprint density at radius 3 is 2.28 bits per heavy atom. The molecule has 1 heteroatoms. The first-order valence-electron chi connectivity index (χ1n) is 12.0. The van der Waals surface area contributed by atoms with E-state index in [0.717, 1.165) is 31.2 Å². The summed E-state index contributed by atoms with van der Waals surface area (Å²) >= 11 is 0. The summed E-state index contributed by atoms with van der Waals surface area (Å²) in [5, 5.41) is 10.7. The minimum atomic E-state index is 0.558. The molecule has 1 N–H and O–H groups in total. The Morgan fingerprint density at radius 1 is 1.10 bits per heavy atom. The van der Waals surface area contributed by atoms with Crippen LogP contribution >= 0.6 is 0 Å². The maximum absolute atomic E-state index is 10.7. The van der Waals surface area contributed by atoms with Crippen molar-refractivity contribution >= 4 is 0 Å². The summed E-state index contributed by atoms with van der Waals surface area (Å²) in [4.78, 5) is 0. The van der Waals surface area contributed by atoms with Crippen LogP contribution in [-0.2, 0) is 19.3 Å². The van der Waals surface area contributed by atoms with E-state index in [1.807, 2.05) is 27.7 Å². The maximum Gasteiger partial charge on any atom is 0.122 e. The molecule has 0 spiro atoms. The number of hydrogen-bond donors (Lipinski definition) is 1. The normalized spacial score (nSPS) is 14.8. The number of hydrogen-bond acceptors (Lipinski definition) is 1. The van der Waals surface area contributed by atoms with Crippen molar-refractivity contribution in [3.05, 3.63) is 51.6 Å². The quantitative estimate of drug-likeness (QED) is 0.341. The van der Waals surface area contributed by atoms with Gasteiger partial charge in [-0.1, -0.05) is 83.7 Å². The smallest absolute Gasteiger partial charge is 0.122 e. The van der Waals surface area contributed by atoms with Crippen LogP contribution in [-0.4, -0.2) is 5.11 Å². The lowest BCUT2D eigenvalue weighted by Crippen LogP contribution is -1.97. The maximum atomic E-state index is 10.7. The fourth-order valence-electron chi connectivity index (χ4n) is 3.78. The van der Waals surface area contributed by atoms with Gasteiger partial charge in [0.25, 0.3) is 0 Å². The molecule has 1 aliphatic carbocycles. The Hall–Kier alpha value is -1.50. The standard InChI is InChI=1S/C24H36O.2C2H6/c1-7-8-9-10-20-13-22-14-21(15-23(22)24(25)19(20)6)18(5)12-11-17(4)16(2)3;2*1-2/h13,17,25H,2,7-12,14-15H2,1,3-6H3;2*1-2H3/b21-18-;;/t17-;;/m0../s1. The zero-order valence-corrected chi connectivity index (χ0v) is 21.0. The molecule has 0 saturated carbocycles. The topological polar surface area (TPSA) is 20.2 Å². The molecule has 0 radical (unpaired) electrons. The fraction of sp³-hybridized carbons (Fsp3) is 0.643. The third-order valence-corrected chi connectivity index (χ3v) is 6.10. The van der Waals surface area contributed by atoms with E-state index in [9.17, 15) is 5.11 Å². The SMILES string of the molecule is C=C(C)[C@@H](C)CC/C(C)=C1/Cc2cc(CCCCC)c(C)c(O)c2C1.CC.CC. The van der Waals surface area contributed by atoms with Gasteiger partial charge in [-0.3, -0.25) is 0 Å². The van der Waals surface area contributed by atoms with Crippen molar-refractivity contribution in [2.75, 3.05) is 0 Å². The van der Waals surface area contributed by atoms with Gasteiger partial charge in [0.1, 0.15) is 5.75 Å². The van der Waals surface area contributed by atoms with Gasteiger partial charge in [0.2, 0.25) is 0 Å². The summed E-state index contributed by atoms with van der Waals surface area (Å²) < 4.78 is 0. The minimum Gasteiger partial charge on any atom is -0.507 e. The highest BCUT2D eigenvalue weighted by molar-refractivity contribution is 5.55. The number of phenols is 1. The molecule has 0 bridgehead atoms. The van der Waals surface area contributed by atoms with E-state index < -0.39 is 0 Å². The van der Waals surface area contributed by atoms with Gasteiger partial charge >= 0.3 is 0 Å². The fourth-order valence-corrected chi connectivity index (χ4v) is 3.78. The third-order valence-electron chi connectivity index (χ3n) is 6.10. The van der Waals surface area contributed by atoms with Gasteiger partial charge in [0, 0.05) is 5.56 Å². The molecule has 0 unspecified atom stereocenters. The molecular weight excluding hydrogens is 352 g/mol. The first-order valence-corrected chi connectivity index (χ1v) is 12.0. The van der Waals surface area contributed by atoms with Crippen LogP contribution in [0.3, 0.4) is 0 Å². The second-order valence-corrected chi connectivity index (χ2v) is 8.13. The molecule has 2 rings (SSSR count). The highest BCUT2D eigenvalue weighted by atomic mass is 16.3. The van der Waals surface area contributed by atoms with Crippen LogP contribution in [0.25, 0.3) is 0 Å². The summed E-state index contributed by atoms with van der Waals surface area (Å²) in [6.07, 6.45) is 9.09. The van der Waals surface area contributed by atoms with E-state index in [4.69, 9.17) is 0 Å². The molecule has 0 fully saturated rings. The van der Waals surface area contributed by atoms with E-state index in [1.54, 1.807) is 0 Å². The van der Waals surface area contributed by atoms with Gasteiger partial charge in [0.15, 0.2) is 0 Å². The van der Waals surface area contributed by atoms with E-state index in [0.29, 0.717) is 11.7 Å². The lowest BCUT2D eigenvalue weighted by Gasteiger charge is -2.12. The number of aromatic hydroxyl groups is 1. The number of rotatable bonds is 8. The third kappa shape index (κ3) is 8.03. The van der Waals surface area contributed by atoms with Gasteiger partial charge in [0.05, 0.1) is 0 Å². The van der Waals surface area contributed by atoms with Gasteiger partial charge < -0.3 is 5.11 Å². The van der Waals surface area contributed by atoms with E-state index in [-0.39, 0.29) is 0 Å². The molecule has 1 aromatic carbocycles. The molecule has 0 heterocycles. The molecular formula is C28H48O. The average molecular weight is 401 g/mol. The number of fused-ring (bicyclic) bond motifs is 1. The van der Waals surface area contributed by atoms with E-state index in [2.05, 4.69) is 47.3 Å². The van der Waals surface area contributed by atoms with Gasteiger partial charge in [-0.05, 0) is 81.9 Å². The summed E-state index contributed by atoms with van der Waals surface area (Å²) in [7, 11) is 0. The first-order chi connectivity index (χ1) is 13.8. The van der Waals surface area contributed by atoms with Crippen molar-refractivity contribution < 1.29 is 5.11 Å². The summed E-state index contributed by atoms with van der Waals surface area (Å²) in [5.74, 6) is 1.14. The van der Waals surface area contributed by atoms with Crippen LogP contribution < -0.4 is 0 Å². The van der Waals surface area contributed by atoms with E-state index in [1.165, 1.54) is 59.1 Å². The molecule has 0 amide bonds. The van der Waals surface area contributed by atoms with Crippen LogP contribution in [0.1, 0.15) is 110 Å².